The van der Waals surface area contributed by atoms with Crippen LogP contribution in [0, 0.1) is 11.7 Å². The summed E-state index contributed by atoms with van der Waals surface area (Å²) in [6.07, 6.45) is 0.0713. The van der Waals surface area contributed by atoms with Crippen LogP contribution in [0.1, 0.15) is 16.8 Å². The number of aromatic carboxylic acids is 1. The van der Waals surface area contributed by atoms with Gasteiger partial charge in [-0.25, -0.2) is 13.6 Å². The predicted molar refractivity (Wildman–Crippen MR) is 70.5 cm³/mol. The molecule has 2 fully saturated rings. The van der Waals surface area contributed by atoms with Gasteiger partial charge in [0.15, 0.2) is 5.67 Å². The summed E-state index contributed by atoms with van der Waals surface area (Å²) in [6, 6.07) is 3.26. The maximum atomic E-state index is 14.8. The van der Waals surface area contributed by atoms with Crippen molar-refractivity contribution in [1.82, 2.24) is 5.32 Å². The Bertz CT molecular complexity index is 622. The number of halogens is 2. The standard InChI is InChI=1S/C14H14F2N2O3/c15-10-5-8(12(19)20)1-2-11(10)18-7-9-6-17-4-3-14(9,16)13(18)21/h1-2,5,9,17H,3-4,6-7H2,(H,19,20). The number of amides is 1. The second kappa shape index (κ2) is 4.77. The molecule has 7 heteroatoms. The van der Waals surface area contributed by atoms with Crippen LogP contribution < -0.4 is 10.2 Å². The third-order valence-electron chi connectivity index (χ3n) is 4.19. The molecule has 21 heavy (non-hydrogen) atoms. The smallest absolute Gasteiger partial charge is 0.335 e. The van der Waals surface area contributed by atoms with Crippen molar-refractivity contribution in [2.24, 2.45) is 5.92 Å². The van der Waals surface area contributed by atoms with Crippen molar-refractivity contribution in [3.63, 3.8) is 0 Å². The first kappa shape index (κ1) is 13.9. The molecule has 112 valence electrons. The van der Waals surface area contributed by atoms with Crippen LogP contribution in [0.25, 0.3) is 0 Å². The maximum absolute atomic E-state index is 14.8. The van der Waals surface area contributed by atoms with Crippen LogP contribution >= 0.6 is 0 Å². The third kappa shape index (κ3) is 2.08. The number of fused-ring (bicyclic) bond motifs is 1. The lowest BCUT2D eigenvalue weighted by Crippen LogP contribution is -2.49. The van der Waals surface area contributed by atoms with Gasteiger partial charge in [-0.3, -0.25) is 4.79 Å². The van der Waals surface area contributed by atoms with Crippen molar-refractivity contribution < 1.29 is 23.5 Å². The average molecular weight is 296 g/mol. The zero-order chi connectivity index (χ0) is 15.2. The van der Waals surface area contributed by atoms with Crippen LogP contribution in [0.15, 0.2) is 18.2 Å². The summed E-state index contributed by atoms with van der Waals surface area (Å²) in [6.45, 7) is 0.867. The lowest BCUT2D eigenvalue weighted by molar-refractivity contribution is -0.130. The van der Waals surface area contributed by atoms with Gasteiger partial charge in [0.1, 0.15) is 5.82 Å². The number of rotatable bonds is 2. The van der Waals surface area contributed by atoms with Gasteiger partial charge in [0.25, 0.3) is 5.91 Å². The Morgan fingerprint density at radius 3 is 2.86 bits per heavy atom. The molecular formula is C14H14F2N2O3. The molecule has 0 aliphatic carbocycles. The van der Waals surface area contributed by atoms with E-state index in [1.54, 1.807) is 0 Å². The molecule has 2 aliphatic heterocycles. The highest BCUT2D eigenvalue weighted by atomic mass is 19.1. The van der Waals surface area contributed by atoms with Crippen LogP contribution in [0.5, 0.6) is 0 Å². The molecule has 2 heterocycles. The average Bonchev–Trinajstić information content (AvgIpc) is 2.71. The molecular weight excluding hydrogens is 282 g/mol. The molecule has 2 unspecified atom stereocenters. The van der Waals surface area contributed by atoms with Crippen molar-refractivity contribution in [3.05, 3.63) is 29.6 Å². The SMILES string of the molecule is O=C(O)c1ccc(N2CC3CNCCC3(F)C2=O)c(F)c1. The normalized spacial score (nSPS) is 28.6. The summed E-state index contributed by atoms with van der Waals surface area (Å²) >= 11 is 0. The monoisotopic (exact) mass is 296 g/mol. The van der Waals surface area contributed by atoms with E-state index in [1.807, 2.05) is 0 Å². The first-order valence-corrected chi connectivity index (χ1v) is 6.68. The Balaban J connectivity index is 1.95. The van der Waals surface area contributed by atoms with Gasteiger partial charge in [-0.15, -0.1) is 0 Å². The van der Waals surface area contributed by atoms with Crippen molar-refractivity contribution >= 4 is 17.6 Å². The van der Waals surface area contributed by atoms with Crippen LogP contribution in [-0.2, 0) is 4.79 Å². The van der Waals surface area contributed by atoms with E-state index in [0.29, 0.717) is 13.1 Å². The van der Waals surface area contributed by atoms with E-state index < -0.39 is 29.3 Å². The first-order chi connectivity index (χ1) is 9.93. The van der Waals surface area contributed by atoms with Gasteiger partial charge in [0.05, 0.1) is 11.3 Å². The molecule has 3 rings (SSSR count). The van der Waals surface area contributed by atoms with Gasteiger partial charge in [0.2, 0.25) is 0 Å². The van der Waals surface area contributed by atoms with E-state index in [0.717, 1.165) is 11.0 Å². The molecule has 0 aromatic heterocycles. The van der Waals surface area contributed by atoms with Gasteiger partial charge in [0, 0.05) is 25.4 Å². The number of benzene rings is 1. The van der Waals surface area contributed by atoms with Gasteiger partial charge in [-0.2, -0.15) is 0 Å². The number of anilines is 1. The Kier molecular flexibility index (Phi) is 3.16. The zero-order valence-electron chi connectivity index (χ0n) is 11.1. The summed E-state index contributed by atoms with van der Waals surface area (Å²) in [4.78, 5) is 24.1. The van der Waals surface area contributed by atoms with Crippen LogP contribution in [0.2, 0.25) is 0 Å². The fraction of sp³-hybridized carbons (Fsp3) is 0.429. The molecule has 2 atom stereocenters. The van der Waals surface area contributed by atoms with Crippen molar-refractivity contribution in [1.29, 1.82) is 0 Å². The second-order valence-electron chi connectivity index (χ2n) is 5.40. The number of carbonyl (C=O) groups is 2. The van der Waals surface area contributed by atoms with Gasteiger partial charge in [-0.1, -0.05) is 0 Å². The number of nitrogens with zero attached hydrogens (tertiary/aromatic N) is 1. The summed E-state index contributed by atoms with van der Waals surface area (Å²) in [5, 5.41) is 11.8. The summed E-state index contributed by atoms with van der Waals surface area (Å²) in [5.41, 5.74) is -2.24. The number of alkyl halides is 1. The molecule has 0 spiro atoms. The van der Waals surface area contributed by atoms with Crippen molar-refractivity contribution in [3.8, 4) is 0 Å². The number of nitrogens with one attached hydrogen (secondary N) is 1. The number of carboxylic acid groups (broad SMARTS) is 1. The number of carboxylic acids is 1. The fourth-order valence-corrected chi connectivity index (χ4v) is 3.00. The molecule has 0 saturated carbocycles. The minimum absolute atomic E-state index is 0.0713. The number of hydrogen-bond donors (Lipinski definition) is 2. The zero-order valence-corrected chi connectivity index (χ0v) is 11.1. The van der Waals surface area contributed by atoms with Gasteiger partial charge < -0.3 is 15.3 Å². The number of piperidine rings is 1. The van der Waals surface area contributed by atoms with Crippen molar-refractivity contribution in [2.75, 3.05) is 24.5 Å². The van der Waals surface area contributed by atoms with Gasteiger partial charge in [-0.05, 0) is 24.7 Å². The van der Waals surface area contributed by atoms with Crippen LogP contribution in [0.3, 0.4) is 0 Å². The molecule has 1 aromatic rings. The van der Waals surface area contributed by atoms with Gasteiger partial charge >= 0.3 is 5.97 Å². The molecule has 0 radical (unpaired) electrons. The highest BCUT2D eigenvalue weighted by molar-refractivity contribution is 6.02. The maximum Gasteiger partial charge on any atom is 0.335 e. The fourth-order valence-electron chi connectivity index (χ4n) is 3.00. The lowest BCUT2D eigenvalue weighted by Gasteiger charge is -2.29. The summed E-state index contributed by atoms with van der Waals surface area (Å²) < 4.78 is 28.8. The van der Waals surface area contributed by atoms with E-state index >= 15 is 0 Å². The molecule has 1 aromatic carbocycles. The van der Waals surface area contributed by atoms with E-state index in [-0.39, 0.29) is 24.2 Å². The molecule has 5 nitrogen and oxygen atoms in total. The Hall–Kier alpha value is -2.02. The highest BCUT2D eigenvalue weighted by Gasteiger charge is 2.56. The van der Waals surface area contributed by atoms with E-state index in [4.69, 9.17) is 5.11 Å². The quantitative estimate of drug-likeness (QED) is 0.860. The molecule has 0 bridgehead atoms. The molecule has 2 saturated heterocycles. The Morgan fingerprint density at radius 2 is 2.24 bits per heavy atom. The first-order valence-electron chi connectivity index (χ1n) is 6.68. The summed E-state index contributed by atoms with van der Waals surface area (Å²) in [5.74, 6) is -3.35. The highest BCUT2D eigenvalue weighted by Crippen LogP contribution is 2.40. The largest absolute Gasteiger partial charge is 0.478 e. The lowest BCUT2D eigenvalue weighted by atomic mass is 9.86. The topological polar surface area (TPSA) is 69.6 Å². The third-order valence-corrected chi connectivity index (χ3v) is 4.19. The Morgan fingerprint density at radius 1 is 1.48 bits per heavy atom. The second-order valence-corrected chi connectivity index (χ2v) is 5.40. The van der Waals surface area contributed by atoms with E-state index in [9.17, 15) is 18.4 Å². The van der Waals surface area contributed by atoms with Crippen molar-refractivity contribution in [2.45, 2.75) is 12.1 Å². The number of carbonyl (C=O) groups excluding carboxylic acids is 1. The summed E-state index contributed by atoms with van der Waals surface area (Å²) in [7, 11) is 0. The molecule has 2 N–H and O–H groups in total. The predicted octanol–water partition coefficient (Wildman–Crippen LogP) is 1.19. The van der Waals surface area contributed by atoms with E-state index in [2.05, 4.69) is 5.32 Å². The molecule has 2 aliphatic rings. The molecule has 1 amide bonds. The minimum Gasteiger partial charge on any atom is -0.478 e. The van der Waals surface area contributed by atoms with Crippen LogP contribution in [0.4, 0.5) is 14.5 Å². The number of hydrogen-bond acceptors (Lipinski definition) is 3. The Labute approximate surface area is 119 Å². The minimum atomic E-state index is -1.96. The van der Waals surface area contributed by atoms with E-state index in [1.165, 1.54) is 12.1 Å². The van der Waals surface area contributed by atoms with Crippen LogP contribution in [-0.4, -0.2) is 42.3 Å².